The van der Waals surface area contributed by atoms with Gasteiger partial charge in [0.2, 0.25) is 5.91 Å². The second-order valence-electron chi connectivity index (χ2n) is 6.00. The van der Waals surface area contributed by atoms with Gasteiger partial charge in [-0.2, -0.15) is 0 Å². The summed E-state index contributed by atoms with van der Waals surface area (Å²) in [6, 6.07) is 2.37. The van der Waals surface area contributed by atoms with E-state index in [1.54, 1.807) is 13.8 Å². The Hall–Kier alpha value is -1.73. The maximum absolute atomic E-state index is 13.7. The number of hydrogen-bond acceptors (Lipinski definition) is 3. The van der Waals surface area contributed by atoms with E-state index < -0.39 is 29.1 Å². The average molecular weight is 378 g/mol. The fourth-order valence-corrected chi connectivity index (χ4v) is 2.25. The molecule has 0 spiro atoms. The minimum Gasteiger partial charge on any atom is -0.353 e. The van der Waals surface area contributed by atoms with Gasteiger partial charge in [-0.15, -0.1) is 12.4 Å². The van der Waals surface area contributed by atoms with E-state index in [0.717, 1.165) is 18.7 Å². The van der Waals surface area contributed by atoms with Crippen molar-refractivity contribution in [1.29, 1.82) is 0 Å². The highest BCUT2D eigenvalue weighted by Crippen LogP contribution is 2.13. The van der Waals surface area contributed by atoms with E-state index in [1.165, 1.54) is 6.07 Å². The molecule has 1 aromatic rings. The standard InChI is InChI=1S/C17H25F2N3O2.ClH/c1-5-20-11(4)9-21-17(24)15(10(2)3)22-16(23)14-12(18)7-6-8-13(14)19;/h6-8,10-11,15,20H,5,9H2,1-4H3,(H,21,24)(H,22,23);1H/t11-,15?;/m1./s1. The van der Waals surface area contributed by atoms with Crippen LogP contribution in [0.25, 0.3) is 0 Å². The molecule has 0 saturated carbocycles. The van der Waals surface area contributed by atoms with Crippen LogP contribution in [0.5, 0.6) is 0 Å². The molecule has 0 aliphatic carbocycles. The quantitative estimate of drug-likeness (QED) is 0.650. The molecule has 1 unspecified atom stereocenters. The molecule has 1 rings (SSSR count). The van der Waals surface area contributed by atoms with Crippen molar-refractivity contribution in [3.63, 3.8) is 0 Å². The van der Waals surface area contributed by atoms with Crippen LogP contribution in [0.15, 0.2) is 18.2 Å². The van der Waals surface area contributed by atoms with E-state index in [4.69, 9.17) is 0 Å². The van der Waals surface area contributed by atoms with Gasteiger partial charge in [0.25, 0.3) is 5.91 Å². The third-order valence-electron chi connectivity index (χ3n) is 3.56. The lowest BCUT2D eigenvalue weighted by molar-refractivity contribution is -0.124. The van der Waals surface area contributed by atoms with Gasteiger partial charge in [-0.3, -0.25) is 9.59 Å². The largest absolute Gasteiger partial charge is 0.353 e. The summed E-state index contributed by atoms with van der Waals surface area (Å²) in [7, 11) is 0. The van der Waals surface area contributed by atoms with Gasteiger partial charge in [-0.05, 0) is 31.5 Å². The van der Waals surface area contributed by atoms with Crippen LogP contribution in [-0.2, 0) is 4.79 Å². The van der Waals surface area contributed by atoms with Gasteiger partial charge in [0.1, 0.15) is 23.2 Å². The summed E-state index contributed by atoms with van der Waals surface area (Å²) in [6.07, 6.45) is 0. The van der Waals surface area contributed by atoms with Gasteiger partial charge in [-0.25, -0.2) is 8.78 Å². The van der Waals surface area contributed by atoms with E-state index in [9.17, 15) is 18.4 Å². The molecule has 0 aliphatic heterocycles. The number of halogens is 3. The molecular formula is C17H26ClF2N3O2. The van der Waals surface area contributed by atoms with Gasteiger partial charge in [0, 0.05) is 12.6 Å². The lowest BCUT2D eigenvalue weighted by atomic mass is 10.0. The molecule has 0 aromatic heterocycles. The number of carbonyl (C=O) groups excluding carboxylic acids is 2. The topological polar surface area (TPSA) is 70.2 Å². The molecule has 0 fully saturated rings. The van der Waals surface area contributed by atoms with Crippen molar-refractivity contribution in [3.8, 4) is 0 Å². The molecule has 25 heavy (non-hydrogen) atoms. The zero-order chi connectivity index (χ0) is 18.3. The Labute approximate surface area is 153 Å². The molecule has 1 aromatic carbocycles. The summed E-state index contributed by atoms with van der Waals surface area (Å²) >= 11 is 0. The highest BCUT2D eigenvalue weighted by molar-refractivity contribution is 5.98. The van der Waals surface area contributed by atoms with Crippen LogP contribution in [0.1, 0.15) is 38.1 Å². The maximum Gasteiger partial charge on any atom is 0.257 e. The summed E-state index contributed by atoms with van der Waals surface area (Å²) in [4.78, 5) is 24.5. The SMILES string of the molecule is CCN[C@H](C)CNC(=O)C(NC(=O)c1c(F)cccc1F)C(C)C.Cl. The first-order valence-electron chi connectivity index (χ1n) is 8.03. The second kappa shape index (κ2) is 11.0. The van der Waals surface area contributed by atoms with E-state index in [-0.39, 0.29) is 30.3 Å². The fraction of sp³-hybridized carbons (Fsp3) is 0.529. The van der Waals surface area contributed by atoms with E-state index in [0.29, 0.717) is 6.54 Å². The maximum atomic E-state index is 13.7. The van der Waals surface area contributed by atoms with Gasteiger partial charge in [-0.1, -0.05) is 26.8 Å². The molecule has 0 aliphatic rings. The predicted molar refractivity (Wildman–Crippen MR) is 95.8 cm³/mol. The summed E-state index contributed by atoms with van der Waals surface area (Å²) in [5.74, 6) is -3.50. The number of rotatable bonds is 8. The Morgan fingerprint density at radius 2 is 1.68 bits per heavy atom. The molecule has 8 heteroatoms. The monoisotopic (exact) mass is 377 g/mol. The van der Waals surface area contributed by atoms with Crippen LogP contribution in [0.3, 0.4) is 0 Å². The zero-order valence-corrected chi connectivity index (χ0v) is 15.7. The fourth-order valence-electron chi connectivity index (χ4n) is 2.25. The second-order valence-corrected chi connectivity index (χ2v) is 6.00. The number of likely N-dealkylation sites (N-methyl/N-ethyl adjacent to an activating group) is 1. The van der Waals surface area contributed by atoms with Crippen molar-refractivity contribution >= 4 is 24.2 Å². The highest BCUT2D eigenvalue weighted by atomic mass is 35.5. The van der Waals surface area contributed by atoms with Crippen LogP contribution in [0.4, 0.5) is 8.78 Å². The van der Waals surface area contributed by atoms with E-state index >= 15 is 0 Å². The third kappa shape index (κ3) is 6.96. The van der Waals surface area contributed by atoms with Crippen LogP contribution in [0, 0.1) is 17.6 Å². The van der Waals surface area contributed by atoms with Crippen molar-refractivity contribution < 1.29 is 18.4 Å². The van der Waals surface area contributed by atoms with Crippen LogP contribution in [-0.4, -0.2) is 37.0 Å². The average Bonchev–Trinajstić information content (AvgIpc) is 2.50. The minimum absolute atomic E-state index is 0. The third-order valence-corrected chi connectivity index (χ3v) is 3.56. The zero-order valence-electron chi connectivity index (χ0n) is 14.9. The van der Waals surface area contributed by atoms with Gasteiger partial charge < -0.3 is 16.0 Å². The Kier molecular flexibility index (Phi) is 10.2. The smallest absolute Gasteiger partial charge is 0.257 e. The van der Waals surface area contributed by atoms with Crippen molar-refractivity contribution in [2.75, 3.05) is 13.1 Å². The summed E-state index contributed by atoms with van der Waals surface area (Å²) in [6.45, 7) is 8.53. The summed E-state index contributed by atoms with van der Waals surface area (Å²) < 4.78 is 27.4. The first kappa shape index (κ1) is 23.3. The number of amides is 2. The molecule has 2 amide bonds. The van der Waals surface area contributed by atoms with Crippen molar-refractivity contribution in [1.82, 2.24) is 16.0 Å². The van der Waals surface area contributed by atoms with Crippen molar-refractivity contribution in [2.45, 2.75) is 39.8 Å². The van der Waals surface area contributed by atoms with Crippen molar-refractivity contribution in [2.24, 2.45) is 5.92 Å². The lowest BCUT2D eigenvalue weighted by Crippen LogP contribution is -2.52. The Morgan fingerprint density at radius 3 is 2.16 bits per heavy atom. The molecule has 5 nitrogen and oxygen atoms in total. The number of carbonyl (C=O) groups is 2. The van der Waals surface area contributed by atoms with Gasteiger partial charge in [0.15, 0.2) is 0 Å². The number of nitrogens with one attached hydrogen (secondary N) is 3. The molecule has 0 saturated heterocycles. The molecule has 0 bridgehead atoms. The van der Waals surface area contributed by atoms with Crippen LogP contribution < -0.4 is 16.0 Å². The number of hydrogen-bond donors (Lipinski definition) is 3. The first-order chi connectivity index (χ1) is 11.3. The first-order valence-corrected chi connectivity index (χ1v) is 8.03. The van der Waals surface area contributed by atoms with E-state index in [2.05, 4.69) is 16.0 Å². The molecule has 142 valence electrons. The van der Waals surface area contributed by atoms with Gasteiger partial charge in [0.05, 0.1) is 0 Å². The molecule has 0 heterocycles. The van der Waals surface area contributed by atoms with Crippen LogP contribution >= 0.6 is 12.4 Å². The Morgan fingerprint density at radius 1 is 1.12 bits per heavy atom. The summed E-state index contributed by atoms with van der Waals surface area (Å²) in [5, 5.41) is 8.30. The Balaban J connectivity index is 0.00000576. The minimum atomic E-state index is -0.962. The van der Waals surface area contributed by atoms with Crippen molar-refractivity contribution in [3.05, 3.63) is 35.4 Å². The highest BCUT2D eigenvalue weighted by Gasteiger charge is 2.27. The molecule has 0 radical (unpaired) electrons. The molecule has 3 N–H and O–H groups in total. The molecular weight excluding hydrogens is 352 g/mol. The predicted octanol–water partition coefficient (Wildman–Crippen LogP) is 2.26. The summed E-state index contributed by atoms with van der Waals surface area (Å²) in [5.41, 5.74) is -0.683. The van der Waals surface area contributed by atoms with Crippen LogP contribution in [0.2, 0.25) is 0 Å². The lowest BCUT2D eigenvalue weighted by Gasteiger charge is -2.23. The Bertz CT molecular complexity index is 565. The van der Waals surface area contributed by atoms with Gasteiger partial charge >= 0.3 is 0 Å². The van der Waals surface area contributed by atoms with E-state index in [1.807, 2.05) is 13.8 Å². The number of benzene rings is 1. The molecule has 2 atom stereocenters. The normalized spacial score (nSPS) is 12.9.